The van der Waals surface area contributed by atoms with E-state index in [4.69, 9.17) is 4.74 Å². The van der Waals surface area contributed by atoms with Crippen molar-refractivity contribution >= 4 is 17.4 Å². The van der Waals surface area contributed by atoms with Gasteiger partial charge in [0.2, 0.25) is 0 Å². The molecule has 134 valence electrons. The standard InChI is InChI=1S/C20H19NO5/c1-26-15-10-6-5-9-14(15)17-16(18(23)13-7-3-2-4-8-13)19(24)20(25)21(17)11-12-22/h2-10,17,22-23H,11-12H2,1H3. The molecule has 0 spiro atoms. The van der Waals surface area contributed by atoms with Gasteiger partial charge in [0.15, 0.2) is 0 Å². The number of aliphatic hydroxyl groups is 2. The molecule has 1 fully saturated rings. The van der Waals surface area contributed by atoms with Crippen LogP contribution in [0.1, 0.15) is 17.2 Å². The van der Waals surface area contributed by atoms with Crippen LogP contribution in [0.15, 0.2) is 60.2 Å². The molecule has 1 unspecified atom stereocenters. The van der Waals surface area contributed by atoms with Crippen molar-refractivity contribution in [3.05, 3.63) is 71.3 Å². The number of benzene rings is 2. The van der Waals surface area contributed by atoms with Crippen molar-refractivity contribution < 1.29 is 24.5 Å². The fourth-order valence-electron chi connectivity index (χ4n) is 3.19. The third kappa shape index (κ3) is 2.95. The number of Topliss-reactive ketones (excluding diaryl/α,β-unsaturated/α-hetero) is 1. The summed E-state index contributed by atoms with van der Waals surface area (Å²) in [7, 11) is 1.49. The molecule has 0 aliphatic carbocycles. The molecule has 6 heteroatoms. The Bertz CT molecular complexity index is 860. The minimum Gasteiger partial charge on any atom is -0.507 e. The predicted molar refractivity (Wildman–Crippen MR) is 95.5 cm³/mol. The number of nitrogens with zero attached hydrogens (tertiary/aromatic N) is 1. The van der Waals surface area contributed by atoms with E-state index in [2.05, 4.69) is 0 Å². The zero-order chi connectivity index (χ0) is 18.7. The van der Waals surface area contributed by atoms with Crippen LogP contribution in [0.3, 0.4) is 0 Å². The van der Waals surface area contributed by atoms with E-state index in [0.29, 0.717) is 16.9 Å². The van der Waals surface area contributed by atoms with Crippen LogP contribution in [0.25, 0.3) is 5.76 Å². The third-order valence-corrected chi connectivity index (χ3v) is 4.36. The Labute approximate surface area is 150 Å². The molecule has 3 rings (SSSR count). The first kappa shape index (κ1) is 17.7. The minimum atomic E-state index is -0.835. The third-order valence-electron chi connectivity index (χ3n) is 4.36. The van der Waals surface area contributed by atoms with Crippen molar-refractivity contribution in [2.75, 3.05) is 20.3 Å². The van der Waals surface area contributed by atoms with Gasteiger partial charge in [0.05, 0.1) is 25.3 Å². The number of carbonyl (C=O) groups is 2. The topological polar surface area (TPSA) is 87.1 Å². The van der Waals surface area contributed by atoms with Crippen LogP contribution in [0.5, 0.6) is 5.75 Å². The maximum atomic E-state index is 12.7. The van der Waals surface area contributed by atoms with Gasteiger partial charge in [0, 0.05) is 17.7 Å². The fourth-order valence-corrected chi connectivity index (χ4v) is 3.19. The molecular formula is C20H19NO5. The van der Waals surface area contributed by atoms with Gasteiger partial charge >= 0.3 is 0 Å². The number of para-hydroxylation sites is 1. The van der Waals surface area contributed by atoms with Crippen molar-refractivity contribution in [2.45, 2.75) is 6.04 Å². The fraction of sp³-hybridized carbons (Fsp3) is 0.200. The van der Waals surface area contributed by atoms with Crippen molar-refractivity contribution in [3.63, 3.8) is 0 Å². The lowest BCUT2D eigenvalue weighted by atomic mass is 9.94. The normalized spacial score (nSPS) is 19.0. The highest BCUT2D eigenvalue weighted by Gasteiger charge is 2.46. The largest absolute Gasteiger partial charge is 0.507 e. The summed E-state index contributed by atoms with van der Waals surface area (Å²) in [5.41, 5.74) is 0.994. The van der Waals surface area contributed by atoms with Gasteiger partial charge in [-0.2, -0.15) is 0 Å². The van der Waals surface area contributed by atoms with Crippen molar-refractivity contribution in [2.24, 2.45) is 0 Å². The van der Waals surface area contributed by atoms with E-state index in [1.165, 1.54) is 12.0 Å². The lowest BCUT2D eigenvalue weighted by Gasteiger charge is -2.25. The highest BCUT2D eigenvalue weighted by atomic mass is 16.5. The number of aliphatic hydroxyl groups excluding tert-OH is 2. The SMILES string of the molecule is COc1ccccc1C1C(=C(O)c2ccccc2)C(=O)C(=O)N1CCO. The number of methoxy groups -OCH3 is 1. The van der Waals surface area contributed by atoms with Gasteiger partial charge < -0.3 is 19.8 Å². The number of amides is 1. The second-order valence-corrected chi connectivity index (χ2v) is 5.82. The number of likely N-dealkylation sites (tertiary alicyclic amines) is 1. The van der Waals surface area contributed by atoms with Gasteiger partial charge in [-0.25, -0.2) is 0 Å². The van der Waals surface area contributed by atoms with Gasteiger partial charge in [-0.1, -0.05) is 48.5 Å². The van der Waals surface area contributed by atoms with Crippen LogP contribution >= 0.6 is 0 Å². The minimum absolute atomic E-state index is 0.0147. The van der Waals surface area contributed by atoms with E-state index in [1.807, 2.05) is 0 Å². The van der Waals surface area contributed by atoms with E-state index in [0.717, 1.165) is 0 Å². The average Bonchev–Trinajstić information content (AvgIpc) is 2.93. The zero-order valence-electron chi connectivity index (χ0n) is 14.3. The molecule has 2 N–H and O–H groups in total. The van der Waals surface area contributed by atoms with Crippen molar-refractivity contribution in [1.29, 1.82) is 0 Å². The Kier molecular flexibility index (Phi) is 5.04. The lowest BCUT2D eigenvalue weighted by Crippen LogP contribution is -2.32. The van der Waals surface area contributed by atoms with E-state index < -0.39 is 17.7 Å². The number of rotatable bonds is 5. The number of ether oxygens (including phenoxy) is 1. The Hall–Kier alpha value is -3.12. The van der Waals surface area contributed by atoms with Gasteiger partial charge in [-0.05, 0) is 6.07 Å². The van der Waals surface area contributed by atoms with Gasteiger partial charge in [0.25, 0.3) is 11.7 Å². The van der Waals surface area contributed by atoms with E-state index in [9.17, 15) is 19.8 Å². The first-order chi connectivity index (χ1) is 12.6. The van der Waals surface area contributed by atoms with Crippen LogP contribution < -0.4 is 4.74 Å². The molecule has 1 aliphatic heterocycles. The van der Waals surface area contributed by atoms with Crippen LogP contribution in [-0.2, 0) is 9.59 Å². The molecule has 1 atom stereocenters. The van der Waals surface area contributed by atoms with E-state index in [-0.39, 0.29) is 24.5 Å². The number of hydrogen-bond acceptors (Lipinski definition) is 5. The van der Waals surface area contributed by atoms with Crippen LogP contribution in [0.2, 0.25) is 0 Å². The first-order valence-electron chi connectivity index (χ1n) is 8.17. The number of β-amino-alcohol motifs (C(OH)–C–C–N with tert-alkyl or cyclic N) is 1. The monoisotopic (exact) mass is 353 g/mol. The maximum Gasteiger partial charge on any atom is 0.295 e. The summed E-state index contributed by atoms with van der Waals surface area (Å²) >= 11 is 0. The molecule has 1 saturated heterocycles. The van der Waals surface area contributed by atoms with Crippen molar-refractivity contribution in [1.82, 2.24) is 4.90 Å². The summed E-state index contributed by atoms with van der Waals surface area (Å²) in [6.45, 7) is -0.330. The summed E-state index contributed by atoms with van der Waals surface area (Å²) in [5.74, 6) is -1.30. The Morgan fingerprint density at radius 2 is 1.73 bits per heavy atom. The van der Waals surface area contributed by atoms with Crippen molar-refractivity contribution in [3.8, 4) is 5.75 Å². The maximum absolute atomic E-state index is 12.7. The highest BCUT2D eigenvalue weighted by molar-refractivity contribution is 6.46. The second kappa shape index (κ2) is 7.41. The smallest absolute Gasteiger partial charge is 0.295 e. The first-order valence-corrected chi connectivity index (χ1v) is 8.17. The molecule has 0 bridgehead atoms. The molecule has 2 aromatic carbocycles. The summed E-state index contributed by atoms with van der Waals surface area (Å²) < 4.78 is 5.37. The molecule has 2 aromatic rings. The summed E-state index contributed by atoms with van der Waals surface area (Å²) in [6.07, 6.45) is 0. The molecule has 0 radical (unpaired) electrons. The van der Waals surface area contributed by atoms with E-state index >= 15 is 0 Å². The van der Waals surface area contributed by atoms with Crippen LogP contribution in [-0.4, -0.2) is 47.1 Å². The molecule has 0 saturated carbocycles. The molecule has 1 heterocycles. The molecule has 1 aliphatic rings. The summed E-state index contributed by atoms with van der Waals surface area (Å²) in [5, 5.41) is 20.1. The number of carbonyl (C=O) groups excluding carboxylic acids is 2. The molecule has 1 amide bonds. The molecule has 26 heavy (non-hydrogen) atoms. The van der Waals surface area contributed by atoms with Crippen LogP contribution in [0.4, 0.5) is 0 Å². The Balaban J connectivity index is 2.23. The Morgan fingerprint density at radius 3 is 2.38 bits per heavy atom. The number of ketones is 1. The number of hydrogen-bond donors (Lipinski definition) is 2. The lowest BCUT2D eigenvalue weighted by molar-refractivity contribution is -0.140. The van der Waals surface area contributed by atoms with Gasteiger partial charge in [-0.15, -0.1) is 0 Å². The summed E-state index contributed by atoms with van der Waals surface area (Å²) in [6, 6.07) is 14.7. The van der Waals surface area contributed by atoms with Gasteiger partial charge in [0.1, 0.15) is 11.5 Å². The second-order valence-electron chi connectivity index (χ2n) is 5.82. The van der Waals surface area contributed by atoms with E-state index in [1.54, 1.807) is 54.6 Å². The molecule has 6 nitrogen and oxygen atoms in total. The highest BCUT2D eigenvalue weighted by Crippen LogP contribution is 2.42. The van der Waals surface area contributed by atoms with Gasteiger partial charge in [-0.3, -0.25) is 9.59 Å². The summed E-state index contributed by atoms with van der Waals surface area (Å²) in [4.78, 5) is 26.4. The molecule has 0 aromatic heterocycles. The van der Waals surface area contributed by atoms with Crippen LogP contribution in [0, 0.1) is 0 Å². The quantitative estimate of drug-likeness (QED) is 0.488. The zero-order valence-corrected chi connectivity index (χ0v) is 14.3. The average molecular weight is 353 g/mol. The predicted octanol–water partition coefficient (Wildman–Crippen LogP) is 2.11. The molecular weight excluding hydrogens is 334 g/mol. The Morgan fingerprint density at radius 1 is 1.08 bits per heavy atom.